The third kappa shape index (κ3) is 5.15. The smallest absolute Gasteiger partial charge is 0.407 e. The lowest BCUT2D eigenvalue weighted by Gasteiger charge is -2.19. The van der Waals surface area contributed by atoms with Gasteiger partial charge >= 0.3 is 6.09 Å². The van der Waals surface area contributed by atoms with Gasteiger partial charge in [0.25, 0.3) is 5.91 Å². The summed E-state index contributed by atoms with van der Waals surface area (Å²) in [6.45, 7) is 5.99. The molecular weight excluding hydrogens is 348 g/mol. The summed E-state index contributed by atoms with van der Waals surface area (Å²) in [7, 11) is 0. The number of hydrogen-bond donors (Lipinski definition) is 3. The van der Waals surface area contributed by atoms with E-state index in [1.165, 1.54) is 12.4 Å². The Morgan fingerprint density at radius 3 is 2.60 bits per heavy atom. The van der Waals surface area contributed by atoms with Gasteiger partial charge in [-0.1, -0.05) is 11.6 Å². The first-order valence-electron chi connectivity index (χ1n) is 7.49. The molecule has 0 saturated heterocycles. The number of pyridine rings is 1. The van der Waals surface area contributed by atoms with Gasteiger partial charge < -0.3 is 21.1 Å². The number of nitrogens with zero attached hydrogens (tertiary/aromatic N) is 3. The maximum atomic E-state index is 11.6. The first-order chi connectivity index (χ1) is 11.7. The summed E-state index contributed by atoms with van der Waals surface area (Å²) < 4.78 is 5.13. The number of hydrogen-bond acceptors (Lipinski definition) is 7. The Morgan fingerprint density at radius 2 is 1.96 bits per heavy atom. The quantitative estimate of drug-likeness (QED) is 0.542. The van der Waals surface area contributed by atoms with E-state index < -0.39 is 17.6 Å². The van der Waals surface area contributed by atoms with Crippen LogP contribution in [0.25, 0.3) is 11.0 Å². The third-order valence-corrected chi connectivity index (χ3v) is 3.10. The Labute approximate surface area is 149 Å². The average Bonchev–Trinajstić information content (AvgIpc) is 2.49. The van der Waals surface area contributed by atoms with Crippen LogP contribution in [0.4, 0.5) is 10.6 Å². The van der Waals surface area contributed by atoms with E-state index in [9.17, 15) is 9.59 Å². The molecule has 0 unspecified atom stereocenters. The Morgan fingerprint density at radius 1 is 1.24 bits per heavy atom. The number of carbonyl (C=O) groups is 2. The lowest BCUT2D eigenvalue weighted by Crippen LogP contribution is -2.35. The van der Waals surface area contributed by atoms with Gasteiger partial charge in [-0.15, -0.1) is 0 Å². The van der Waals surface area contributed by atoms with E-state index in [4.69, 9.17) is 22.1 Å². The summed E-state index contributed by atoms with van der Waals surface area (Å²) in [6.07, 6.45) is 0.771. The van der Waals surface area contributed by atoms with E-state index in [-0.39, 0.29) is 10.7 Å². The summed E-state index contributed by atoms with van der Waals surface area (Å²) >= 11 is 5.93. The number of halogens is 1. The van der Waals surface area contributed by atoms with E-state index >= 15 is 0 Å². The molecule has 2 aromatic heterocycles. The second-order valence-electron chi connectivity index (χ2n) is 6.13. The van der Waals surface area contributed by atoms with E-state index in [2.05, 4.69) is 25.6 Å². The molecule has 0 aromatic carbocycles. The Bertz CT molecular complexity index is 806. The molecule has 0 saturated carbocycles. The fourth-order valence-corrected chi connectivity index (χ4v) is 2.18. The molecule has 0 radical (unpaired) electrons. The molecule has 9 nitrogen and oxygen atoms in total. The number of anilines is 1. The number of aromatic nitrogens is 3. The standard InChI is InChI=1S/C15H19ClN6O3/c1-15(2,3)25-14(24)19-5-4-18-13-11-10(20-7-21-13)8(12(17)23)6-9(16)22-11/h6-7H,4-5H2,1-3H3,(H2,17,23)(H,19,24)(H,18,20,21). The molecule has 0 fully saturated rings. The van der Waals surface area contributed by atoms with Crippen molar-refractivity contribution in [1.82, 2.24) is 20.3 Å². The fraction of sp³-hybridized carbons (Fsp3) is 0.400. The summed E-state index contributed by atoms with van der Waals surface area (Å²) in [5.41, 5.74) is 5.55. The number of nitrogens with two attached hydrogens (primary N) is 1. The highest BCUT2D eigenvalue weighted by Crippen LogP contribution is 2.23. The van der Waals surface area contributed by atoms with Crippen molar-refractivity contribution in [3.63, 3.8) is 0 Å². The largest absolute Gasteiger partial charge is 0.444 e. The fourth-order valence-electron chi connectivity index (χ4n) is 1.99. The molecule has 134 valence electrons. The number of primary amides is 1. The number of fused-ring (bicyclic) bond motifs is 1. The molecule has 2 aromatic rings. The molecule has 0 aliphatic heterocycles. The molecule has 2 heterocycles. The predicted molar refractivity (Wildman–Crippen MR) is 93.6 cm³/mol. The van der Waals surface area contributed by atoms with Crippen LogP contribution in [0.5, 0.6) is 0 Å². The Balaban J connectivity index is 2.07. The van der Waals surface area contributed by atoms with Gasteiger partial charge in [0, 0.05) is 13.1 Å². The highest BCUT2D eigenvalue weighted by Gasteiger charge is 2.16. The van der Waals surface area contributed by atoms with E-state index in [1.807, 2.05) is 0 Å². The number of nitrogens with one attached hydrogen (secondary N) is 2. The zero-order chi connectivity index (χ0) is 18.6. The van der Waals surface area contributed by atoms with Crippen LogP contribution in [-0.4, -0.2) is 45.6 Å². The van der Waals surface area contributed by atoms with E-state index in [0.717, 1.165) is 0 Å². The van der Waals surface area contributed by atoms with Crippen LogP contribution < -0.4 is 16.4 Å². The summed E-state index contributed by atoms with van der Waals surface area (Å²) in [5, 5.41) is 5.72. The number of rotatable bonds is 5. The first-order valence-corrected chi connectivity index (χ1v) is 7.87. The van der Waals surface area contributed by atoms with Crippen molar-refractivity contribution in [2.24, 2.45) is 5.73 Å². The zero-order valence-electron chi connectivity index (χ0n) is 14.1. The van der Waals surface area contributed by atoms with Gasteiger partial charge in [0.15, 0.2) is 5.82 Å². The Hall–Kier alpha value is -2.68. The van der Waals surface area contributed by atoms with Crippen molar-refractivity contribution in [2.75, 3.05) is 18.4 Å². The van der Waals surface area contributed by atoms with Gasteiger partial charge in [-0.25, -0.2) is 19.7 Å². The molecule has 4 N–H and O–H groups in total. The number of amides is 2. The lowest BCUT2D eigenvalue weighted by molar-refractivity contribution is 0.0530. The molecule has 10 heteroatoms. The molecule has 0 aliphatic carbocycles. The molecule has 2 amide bonds. The monoisotopic (exact) mass is 366 g/mol. The lowest BCUT2D eigenvalue weighted by atomic mass is 10.2. The van der Waals surface area contributed by atoms with Crippen molar-refractivity contribution in [3.05, 3.63) is 23.1 Å². The molecule has 0 aliphatic rings. The minimum atomic E-state index is -0.662. The van der Waals surface area contributed by atoms with Crippen LogP contribution >= 0.6 is 11.6 Å². The van der Waals surface area contributed by atoms with Crippen molar-refractivity contribution in [3.8, 4) is 0 Å². The third-order valence-electron chi connectivity index (χ3n) is 2.91. The summed E-state index contributed by atoms with van der Waals surface area (Å²) in [6, 6.07) is 1.35. The highest BCUT2D eigenvalue weighted by molar-refractivity contribution is 6.30. The van der Waals surface area contributed by atoms with Gasteiger partial charge in [0.1, 0.15) is 28.1 Å². The topological polar surface area (TPSA) is 132 Å². The predicted octanol–water partition coefficient (Wildman–Crippen LogP) is 1.71. The number of alkyl carbamates (subject to hydrolysis) is 1. The minimum Gasteiger partial charge on any atom is -0.444 e. The van der Waals surface area contributed by atoms with Crippen molar-refractivity contribution in [2.45, 2.75) is 26.4 Å². The average molecular weight is 367 g/mol. The number of carbonyl (C=O) groups excluding carboxylic acids is 2. The summed E-state index contributed by atoms with van der Waals surface area (Å²) in [4.78, 5) is 35.4. The maximum Gasteiger partial charge on any atom is 0.407 e. The SMILES string of the molecule is CC(C)(C)OC(=O)NCCNc1ncnc2c(C(N)=O)cc(Cl)nc12. The minimum absolute atomic E-state index is 0.103. The van der Waals surface area contributed by atoms with Crippen molar-refractivity contribution >= 4 is 40.5 Å². The summed E-state index contributed by atoms with van der Waals surface area (Å²) in [5.74, 6) is -0.286. The molecule has 25 heavy (non-hydrogen) atoms. The molecule has 0 atom stereocenters. The van der Waals surface area contributed by atoms with Crippen molar-refractivity contribution in [1.29, 1.82) is 0 Å². The van der Waals surface area contributed by atoms with Crippen LogP contribution in [0.1, 0.15) is 31.1 Å². The van der Waals surface area contributed by atoms with Crippen LogP contribution in [0, 0.1) is 0 Å². The first kappa shape index (κ1) is 18.7. The zero-order valence-corrected chi connectivity index (χ0v) is 14.8. The number of ether oxygens (including phenoxy) is 1. The second kappa shape index (κ2) is 7.47. The van der Waals surface area contributed by atoms with E-state index in [0.29, 0.717) is 29.9 Å². The van der Waals surface area contributed by atoms with Gasteiger partial charge in [-0.05, 0) is 26.8 Å². The van der Waals surface area contributed by atoms with Crippen molar-refractivity contribution < 1.29 is 14.3 Å². The van der Waals surface area contributed by atoms with Crippen LogP contribution in [-0.2, 0) is 4.74 Å². The van der Waals surface area contributed by atoms with Crippen LogP contribution in [0.3, 0.4) is 0 Å². The van der Waals surface area contributed by atoms with Gasteiger partial charge in [-0.3, -0.25) is 4.79 Å². The molecule has 0 bridgehead atoms. The van der Waals surface area contributed by atoms with Crippen LogP contribution in [0.2, 0.25) is 5.15 Å². The highest BCUT2D eigenvalue weighted by atomic mass is 35.5. The van der Waals surface area contributed by atoms with E-state index in [1.54, 1.807) is 20.8 Å². The second-order valence-corrected chi connectivity index (χ2v) is 6.52. The molecular formula is C15H19ClN6O3. The molecule has 2 rings (SSSR count). The normalized spacial score (nSPS) is 11.2. The van der Waals surface area contributed by atoms with Gasteiger partial charge in [0.2, 0.25) is 0 Å². The molecule has 0 spiro atoms. The Kier molecular flexibility index (Phi) is 5.58. The van der Waals surface area contributed by atoms with Gasteiger partial charge in [0.05, 0.1) is 5.56 Å². The van der Waals surface area contributed by atoms with Crippen LogP contribution in [0.15, 0.2) is 12.4 Å². The maximum absolute atomic E-state index is 11.6. The van der Waals surface area contributed by atoms with Gasteiger partial charge in [-0.2, -0.15) is 0 Å².